The van der Waals surface area contributed by atoms with E-state index in [9.17, 15) is 4.79 Å². The molecule has 2 heteroatoms. The molecule has 0 atom stereocenters. The lowest BCUT2D eigenvalue weighted by Crippen LogP contribution is -2.18. The minimum atomic E-state index is 0.147. The molecule has 1 aromatic heterocycles. The zero-order valence-electron chi connectivity index (χ0n) is 8.73. The first-order valence-electron chi connectivity index (χ1n) is 5.38. The molecule has 0 bridgehead atoms. The van der Waals surface area contributed by atoms with Crippen LogP contribution in [0, 0.1) is 6.92 Å². The molecule has 0 amide bonds. The predicted molar refractivity (Wildman–Crippen MR) is 61.2 cm³/mol. The van der Waals surface area contributed by atoms with Crippen molar-refractivity contribution >= 4 is 10.9 Å². The van der Waals surface area contributed by atoms with Crippen molar-refractivity contribution in [1.29, 1.82) is 0 Å². The second-order valence-corrected chi connectivity index (χ2v) is 4.28. The summed E-state index contributed by atoms with van der Waals surface area (Å²) >= 11 is 0. The maximum atomic E-state index is 11.9. The second kappa shape index (κ2) is 2.96. The molecule has 0 N–H and O–H groups in total. The summed E-state index contributed by atoms with van der Waals surface area (Å²) < 4.78 is 1.95. The second-order valence-electron chi connectivity index (χ2n) is 4.28. The predicted octanol–water partition coefficient (Wildman–Crippen LogP) is 2.64. The molecule has 76 valence electrons. The number of nitrogens with zero attached hydrogens (tertiary/aromatic N) is 1. The first-order chi connectivity index (χ1) is 7.27. The summed E-state index contributed by atoms with van der Waals surface area (Å²) in [5.41, 5.74) is 2.31. The molecule has 1 saturated carbocycles. The topological polar surface area (TPSA) is 22.0 Å². The summed E-state index contributed by atoms with van der Waals surface area (Å²) in [6.07, 6.45) is 2.29. The van der Waals surface area contributed by atoms with E-state index in [1.807, 2.05) is 29.7 Å². The maximum absolute atomic E-state index is 11.9. The molecular weight excluding hydrogens is 186 g/mol. The van der Waals surface area contributed by atoms with E-state index in [0.29, 0.717) is 6.04 Å². The van der Waals surface area contributed by atoms with Crippen LogP contribution in [0.4, 0.5) is 0 Å². The smallest absolute Gasteiger partial charge is 0.251 e. The van der Waals surface area contributed by atoms with Crippen molar-refractivity contribution in [2.75, 3.05) is 0 Å². The molecular formula is C13H13NO. The van der Waals surface area contributed by atoms with Crippen LogP contribution in [-0.2, 0) is 0 Å². The van der Waals surface area contributed by atoms with E-state index in [1.54, 1.807) is 6.07 Å². The Hall–Kier alpha value is -1.57. The number of aromatic nitrogens is 1. The van der Waals surface area contributed by atoms with Gasteiger partial charge in [-0.05, 0) is 31.4 Å². The van der Waals surface area contributed by atoms with Crippen molar-refractivity contribution in [3.8, 4) is 0 Å². The number of para-hydroxylation sites is 1. The quantitative estimate of drug-likeness (QED) is 0.692. The number of rotatable bonds is 1. The van der Waals surface area contributed by atoms with E-state index >= 15 is 0 Å². The number of fused-ring (bicyclic) bond motifs is 1. The normalized spacial score (nSPS) is 15.8. The number of hydrogen-bond acceptors (Lipinski definition) is 1. The van der Waals surface area contributed by atoms with Gasteiger partial charge in [-0.1, -0.05) is 18.2 Å². The summed E-state index contributed by atoms with van der Waals surface area (Å²) in [5.74, 6) is 0. The van der Waals surface area contributed by atoms with Gasteiger partial charge in [-0.2, -0.15) is 0 Å². The molecule has 1 aliphatic carbocycles. The Kier molecular flexibility index (Phi) is 1.72. The van der Waals surface area contributed by atoms with Crippen molar-refractivity contribution in [1.82, 2.24) is 4.57 Å². The van der Waals surface area contributed by atoms with Gasteiger partial charge in [0.15, 0.2) is 0 Å². The lowest BCUT2D eigenvalue weighted by Gasteiger charge is -2.10. The summed E-state index contributed by atoms with van der Waals surface area (Å²) in [4.78, 5) is 11.9. The molecule has 1 fully saturated rings. The minimum Gasteiger partial charge on any atom is -0.305 e. The third kappa shape index (κ3) is 1.29. The standard InChI is InChI=1S/C13H13NO/c1-9-8-13(15)14(10-6-7-10)12-5-3-2-4-11(9)12/h2-5,8,10H,6-7H2,1H3. The Labute approximate surface area is 88.2 Å². The Morgan fingerprint density at radius 3 is 2.73 bits per heavy atom. The van der Waals surface area contributed by atoms with E-state index in [0.717, 1.165) is 23.9 Å². The van der Waals surface area contributed by atoms with Gasteiger partial charge < -0.3 is 4.57 Å². The Morgan fingerprint density at radius 2 is 2.00 bits per heavy atom. The summed E-state index contributed by atoms with van der Waals surface area (Å²) in [7, 11) is 0. The molecule has 0 saturated heterocycles. The Balaban J connectivity index is 2.46. The van der Waals surface area contributed by atoms with E-state index in [4.69, 9.17) is 0 Å². The van der Waals surface area contributed by atoms with Gasteiger partial charge >= 0.3 is 0 Å². The monoisotopic (exact) mass is 199 g/mol. The van der Waals surface area contributed by atoms with Crippen molar-refractivity contribution in [2.45, 2.75) is 25.8 Å². The molecule has 0 spiro atoms. The third-order valence-corrected chi connectivity index (χ3v) is 3.08. The molecule has 0 unspecified atom stereocenters. The first kappa shape index (κ1) is 8.72. The van der Waals surface area contributed by atoms with Gasteiger partial charge in [0.25, 0.3) is 5.56 Å². The molecule has 0 radical (unpaired) electrons. The van der Waals surface area contributed by atoms with Gasteiger partial charge in [-0.3, -0.25) is 4.79 Å². The molecule has 1 heterocycles. The van der Waals surface area contributed by atoms with Crippen molar-refractivity contribution in [3.05, 3.63) is 46.2 Å². The van der Waals surface area contributed by atoms with Crippen LogP contribution in [0.25, 0.3) is 10.9 Å². The first-order valence-corrected chi connectivity index (χ1v) is 5.38. The average Bonchev–Trinajstić information content (AvgIpc) is 3.02. The molecule has 0 aliphatic heterocycles. The van der Waals surface area contributed by atoms with E-state index < -0.39 is 0 Å². The van der Waals surface area contributed by atoms with Crippen LogP contribution in [0.1, 0.15) is 24.4 Å². The van der Waals surface area contributed by atoms with Crippen LogP contribution >= 0.6 is 0 Å². The van der Waals surface area contributed by atoms with Crippen LogP contribution in [0.15, 0.2) is 35.1 Å². The third-order valence-electron chi connectivity index (χ3n) is 3.08. The minimum absolute atomic E-state index is 0.147. The largest absolute Gasteiger partial charge is 0.305 e. The lowest BCUT2D eigenvalue weighted by molar-refractivity contribution is 0.738. The SMILES string of the molecule is Cc1cc(=O)n(C2CC2)c2ccccc12. The highest BCUT2D eigenvalue weighted by Gasteiger charge is 2.26. The summed E-state index contributed by atoms with van der Waals surface area (Å²) in [6, 6.07) is 10.4. The highest BCUT2D eigenvalue weighted by atomic mass is 16.1. The molecule has 2 aromatic rings. The van der Waals surface area contributed by atoms with Crippen molar-refractivity contribution in [2.24, 2.45) is 0 Å². The van der Waals surface area contributed by atoms with Crippen LogP contribution < -0.4 is 5.56 Å². The van der Waals surface area contributed by atoms with E-state index in [-0.39, 0.29) is 5.56 Å². The fourth-order valence-electron chi connectivity index (χ4n) is 2.18. The average molecular weight is 199 g/mol. The molecule has 2 nitrogen and oxygen atoms in total. The Morgan fingerprint density at radius 1 is 1.27 bits per heavy atom. The van der Waals surface area contributed by atoms with Gasteiger partial charge in [0.1, 0.15) is 0 Å². The van der Waals surface area contributed by atoms with Gasteiger partial charge in [0.05, 0.1) is 5.52 Å². The maximum Gasteiger partial charge on any atom is 0.251 e. The number of pyridine rings is 1. The van der Waals surface area contributed by atoms with Gasteiger partial charge in [-0.25, -0.2) is 0 Å². The van der Waals surface area contributed by atoms with Gasteiger partial charge in [-0.15, -0.1) is 0 Å². The number of benzene rings is 1. The number of aryl methyl sites for hydroxylation is 1. The molecule has 15 heavy (non-hydrogen) atoms. The zero-order valence-corrected chi connectivity index (χ0v) is 8.73. The zero-order chi connectivity index (χ0) is 10.4. The van der Waals surface area contributed by atoms with Gasteiger partial charge in [0.2, 0.25) is 0 Å². The summed E-state index contributed by atoms with van der Waals surface area (Å²) in [5, 5.41) is 1.20. The molecule has 3 rings (SSSR count). The van der Waals surface area contributed by atoms with E-state index in [2.05, 4.69) is 6.07 Å². The van der Waals surface area contributed by atoms with Crippen LogP contribution in [0.5, 0.6) is 0 Å². The lowest BCUT2D eigenvalue weighted by atomic mass is 10.1. The van der Waals surface area contributed by atoms with Crippen LogP contribution in [0.3, 0.4) is 0 Å². The van der Waals surface area contributed by atoms with E-state index in [1.165, 1.54) is 5.39 Å². The molecule has 1 aromatic carbocycles. The van der Waals surface area contributed by atoms with Crippen molar-refractivity contribution < 1.29 is 0 Å². The van der Waals surface area contributed by atoms with Gasteiger partial charge in [0, 0.05) is 17.5 Å². The summed E-state index contributed by atoms with van der Waals surface area (Å²) in [6.45, 7) is 2.00. The highest BCUT2D eigenvalue weighted by Crippen LogP contribution is 2.35. The van der Waals surface area contributed by atoms with Crippen LogP contribution in [-0.4, -0.2) is 4.57 Å². The number of hydrogen-bond donors (Lipinski definition) is 0. The fourth-order valence-corrected chi connectivity index (χ4v) is 2.18. The van der Waals surface area contributed by atoms with Crippen molar-refractivity contribution in [3.63, 3.8) is 0 Å². The Bertz CT molecular complexity index is 579. The fraction of sp³-hybridized carbons (Fsp3) is 0.308. The molecule has 1 aliphatic rings. The highest BCUT2D eigenvalue weighted by molar-refractivity contribution is 5.82. The van der Waals surface area contributed by atoms with Crippen LogP contribution in [0.2, 0.25) is 0 Å².